The Kier molecular flexibility index (Phi) is 5.27. The number of nitrogens with one attached hydrogen (secondary N) is 1. The quantitative estimate of drug-likeness (QED) is 0.712. The summed E-state index contributed by atoms with van der Waals surface area (Å²) in [6.07, 6.45) is 3.02. The van der Waals surface area contributed by atoms with E-state index in [4.69, 9.17) is 0 Å². The lowest BCUT2D eigenvalue weighted by atomic mass is 9.98. The van der Waals surface area contributed by atoms with Crippen molar-refractivity contribution in [1.29, 1.82) is 0 Å². The molecule has 0 amide bonds. The minimum Gasteiger partial charge on any atom is -0.307 e. The summed E-state index contributed by atoms with van der Waals surface area (Å²) >= 11 is 0. The zero-order valence-corrected chi connectivity index (χ0v) is 10.6. The molecule has 0 saturated carbocycles. The van der Waals surface area contributed by atoms with Crippen molar-refractivity contribution in [2.45, 2.75) is 39.3 Å². The van der Waals surface area contributed by atoms with Gasteiger partial charge in [0.1, 0.15) is 0 Å². The van der Waals surface area contributed by atoms with E-state index >= 15 is 0 Å². The molecule has 1 aromatic rings. The summed E-state index contributed by atoms with van der Waals surface area (Å²) in [6.45, 7) is 10.5. The molecule has 0 aliphatic heterocycles. The van der Waals surface area contributed by atoms with Crippen LogP contribution in [0.25, 0.3) is 0 Å². The smallest absolute Gasteiger partial charge is 0.0294 e. The van der Waals surface area contributed by atoms with E-state index in [1.165, 1.54) is 5.56 Å². The van der Waals surface area contributed by atoms with Crippen molar-refractivity contribution < 1.29 is 0 Å². The van der Waals surface area contributed by atoms with Gasteiger partial charge < -0.3 is 5.32 Å². The van der Waals surface area contributed by atoms with Gasteiger partial charge in [-0.15, -0.1) is 6.58 Å². The molecule has 0 aliphatic carbocycles. The summed E-state index contributed by atoms with van der Waals surface area (Å²) < 4.78 is 0. The van der Waals surface area contributed by atoms with E-state index < -0.39 is 0 Å². The monoisotopic (exact) mass is 217 g/mol. The highest BCUT2D eigenvalue weighted by atomic mass is 14.9. The van der Waals surface area contributed by atoms with Gasteiger partial charge in [-0.05, 0) is 24.8 Å². The van der Waals surface area contributed by atoms with E-state index in [9.17, 15) is 0 Å². The highest BCUT2D eigenvalue weighted by Crippen LogP contribution is 2.16. The van der Waals surface area contributed by atoms with Crippen molar-refractivity contribution in [3.63, 3.8) is 0 Å². The molecule has 0 heterocycles. The largest absolute Gasteiger partial charge is 0.307 e. The molecule has 0 unspecified atom stereocenters. The molecule has 0 fully saturated rings. The van der Waals surface area contributed by atoms with Gasteiger partial charge in [-0.2, -0.15) is 0 Å². The fourth-order valence-electron chi connectivity index (χ4n) is 1.87. The van der Waals surface area contributed by atoms with Crippen LogP contribution in [0.2, 0.25) is 0 Å². The van der Waals surface area contributed by atoms with E-state index in [1.807, 2.05) is 6.08 Å². The molecular weight excluding hydrogens is 194 g/mol. The molecule has 1 nitrogen and oxygen atoms in total. The van der Waals surface area contributed by atoms with Gasteiger partial charge >= 0.3 is 0 Å². The predicted octanol–water partition coefficient (Wildman–Crippen LogP) is 3.94. The highest BCUT2D eigenvalue weighted by molar-refractivity contribution is 5.18. The highest BCUT2D eigenvalue weighted by Gasteiger charge is 2.14. The minimum absolute atomic E-state index is 0.397. The van der Waals surface area contributed by atoms with Crippen LogP contribution in [0.15, 0.2) is 43.0 Å². The Hall–Kier alpha value is -1.08. The molecule has 1 rings (SSSR count). The summed E-state index contributed by atoms with van der Waals surface area (Å²) in [6, 6.07) is 11.5. The first-order valence-corrected chi connectivity index (χ1v) is 6.07. The van der Waals surface area contributed by atoms with Crippen LogP contribution in [0.3, 0.4) is 0 Å². The molecule has 1 N–H and O–H groups in total. The molecule has 1 heteroatoms. The first-order valence-electron chi connectivity index (χ1n) is 6.07. The second kappa shape index (κ2) is 6.49. The van der Waals surface area contributed by atoms with Crippen molar-refractivity contribution in [1.82, 2.24) is 5.32 Å². The van der Waals surface area contributed by atoms with Crippen LogP contribution in [-0.4, -0.2) is 6.04 Å². The normalized spacial score (nSPS) is 14.8. The Balaban J connectivity index is 2.61. The fraction of sp³-hybridized carbons (Fsp3) is 0.467. The summed E-state index contributed by atoms with van der Waals surface area (Å²) in [5.41, 5.74) is 1.34. The lowest BCUT2D eigenvalue weighted by Gasteiger charge is -2.25. The summed E-state index contributed by atoms with van der Waals surface area (Å²) in [5.74, 6) is 0.629. The van der Waals surface area contributed by atoms with E-state index in [0.717, 1.165) is 6.42 Å². The lowest BCUT2D eigenvalue weighted by Crippen LogP contribution is -2.35. The van der Waals surface area contributed by atoms with Gasteiger partial charge in [0.15, 0.2) is 0 Å². The third-order valence-corrected chi connectivity index (χ3v) is 2.99. The Morgan fingerprint density at radius 3 is 2.31 bits per heavy atom. The Morgan fingerprint density at radius 2 is 1.81 bits per heavy atom. The van der Waals surface area contributed by atoms with Crippen molar-refractivity contribution in [3.8, 4) is 0 Å². The molecule has 0 aliphatic rings. The Labute approximate surface area is 99.6 Å². The summed E-state index contributed by atoms with van der Waals surface area (Å²) in [7, 11) is 0. The molecule has 0 bridgehead atoms. The lowest BCUT2D eigenvalue weighted by molar-refractivity contribution is 0.367. The van der Waals surface area contributed by atoms with Crippen LogP contribution in [0.1, 0.15) is 38.8 Å². The summed E-state index contributed by atoms with van der Waals surface area (Å²) in [4.78, 5) is 0. The van der Waals surface area contributed by atoms with Crippen LogP contribution >= 0.6 is 0 Å². The van der Waals surface area contributed by atoms with Crippen LogP contribution in [0.4, 0.5) is 0 Å². The molecule has 0 spiro atoms. The second-order valence-electron chi connectivity index (χ2n) is 4.67. The van der Waals surface area contributed by atoms with Crippen LogP contribution in [0.5, 0.6) is 0 Å². The van der Waals surface area contributed by atoms with E-state index in [2.05, 4.69) is 63.0 Å². The Morgan fingerprint density at radius 1 is 1.19 bits per heavy atom. The van der Waals surface area contributed by atoms with Crippen molar-refractivity contribution in [3.05, 3.63) is 48.6 Å². The Bertz CT molecular complexity index is 302. The van der Waals surface area contributed by atoms with Crippen molar-refractivity contribution in [2.24, 2.45) is 5.92 Å². The third-order valence-electron chi connectivity index (χ3n) is 2.99. The van der Waals surface area contributed by atoms with Crippen molar-refractivity contribution >= 4 is 0 Å². The first kappa shape index (κ1) is 13.0. The van der Waals surface area contributed by atoms with Crippen LogP contribution < -0.4 is 5.32 Å². The van der Waals surface area contributed by atoms with Gasteiger partial charge in [-0.1, -0.05) is 50.3 Å². The van der Waals surface area contributed by atoms with E-state index in [-0.39, 0.29) is 0 Å². The molecule has 1 aromatic carbocycles. The zero-order valence-electron chi connectivity index (χ0n) is 10.6. The molecule has 2 atom stereocenters. The van der Waals surface area contributed by atoms with Gasteiger partial charge in [0.2, 0.25) is 0 Å². The topological polar surface area (TPSA) is 12.0 Å². The molecule has 0 saturated heterocycles. The predicted molar refractivity (Wildman–Crippen MR) is 71.4 cm³/mol. The maximum absolute atomic E-state index is 3.82. The zero-order chi connectivity index (χ0) is 12.0. The average molecular weight is 217 g/mol. The van der Waals surface area contributed by atoms with E-state index in [1.54, 1.807) is 0 Å². The number of hydrogen-bond acceptors (Lipinski definition) is 1. The fourth-order valence-corrected chi connectivity index (χ4v) is 1.87. The van der Waals surface area contributed by atoms with Gasteiger partial charge in [-0.25, -0.2) is 0 Å². The molecule has 0 radical (unpaired) electrons. The second-order valence-corrected chi connectivity index (χ2v) is 4.67. The number of rotatable bonds is 6. The molecule has 0 aromatic heterocycles. The van der Waals surface area contributed by atoms with Crippen molar-refractivity contribution in [2.75, 3.05) is 0 Å². The van der Waals surface area contributed by atoms with Crippen LogP contribution in [0, 0.1) is 5.92 Å². The van der Waals surface area contributed by atoms with E-state index in [0.29, 0.717) is 18.0 Å². The molecule has 16 heavy (non-hydrogen) atoms. The van der Waals surface area contributed by atoms with Gasteiger partial charge in [0.25, 0.3) is 0 Å². The van der Waals surface area contributed by atoms with Crippen LogP contribution in [-0.2, 0) is 0 Å². The van der Waals surface area contributed by atoms with Gasteiger partial charge in [0, 0.05) is 12.1 Å². The molecule has 88 valence electrons. The van der Waals surface area contributed by atoms with Gasteiger partial charge in [-0.3, -0.25) is 0 Å². The summed E-state index contributed by atoms with van der Waals surface area (Å²) in [5, 5.41) is 3.66. The number of hydrogen-bond donors (Lipinski definition) is 1. The third kappa shape index (κ3) is 3.82. The van der Waals surface area contributed by atoms with Gasteiger partial charge in [0.05, 0.1) is 0 Å². The number of benzene rings is 1. The first-order chi connectivity index (χ1) is 7.65. The molecular formula is C15H23N. The average Bonchev–Trinajstić information content (AvgIpc) is 2.29. The maximum Gasteiger partial charge on any atom is 0.0294 e. The minimum atomic E-state index is 0.397. The standard InChI is InChI=1S/C15H23N/c1-5-9-15(12(2)3)16-13(4)14-10-7-6-8-11-14/h5-8,10-13,15-16H,1,9H2,2-4H3/t13-,15+/m0/s1. The SMILES string of the molecule is C=CC[C@@H](N[C@@H](C)c1ccccc1)C(C)C. The maximum atomic E-state index is 3.82.